The number of carbonyl (C=O) groups excluding carboxylic acids is 1. The summed E-state index contributed by atoms with van der Waals surface area (Å²) in [6.45, 7) is 2.25. The summed E-state index contributed by atoms with van der Waals surface area (Å²) in [5.41, 5.74) is 3.59. The zero-order valence-corrected chi connectivity index (χ0v) is 11.4. The van der Waals surface area contributed by atoms with Crippen molar-refractivity contribution >= 4 is 27.5 Å². The van der Waals surface area contributed by atoms with Crippen molar-refractivity contribution in [2.45, 2.75) is 26.2 Å². The molecule has 0 atom stereocenters. The maximum absolute atomic E-state index is 11.5. The minimum atomic E-state index is -0.238. The van der Waals surface area contributed by atoms with Crippen molar-refractivity contribution in [2.24, 2.45) is 0 Å². The van der Waals surface area contributed by atoms with E-state index in [0.717, 1.165) is 29.3 Å². The lowest BCUT2D eigenvalue weighted by molar-refractivity contribution is -0.137. The van der Waals surface area contributed by atoms with Gasteiger partial charge in [-0.05, 0) is 55.0 Å². The van der Waals surface area contributed by atoms with E-state index in [2.05, 4.69) is 28.1 Å². The number of benzene rings is 1. The van der Waals surface area contributed by atoms with Crippen LogP contribution in [0.2, 0.25) is 0 Å². The largest absolute Gasteiger partial charge is 0.463 e. The minimum absolute atomic E-state index is 0.238. The van der Waals surface area contributed by atoms with Crippen LogP contribution in [0.1, 0.15) is 30.9 Å². The Hall–Kier alpha value is -1.09. The molecule has 0 amide bonds. The first-order chi connectivity index (χ1) is 8.20. The Morgan fingerprint density at radius 2 is 2.29 bits per heavy atom. The molecule has 0 aliphatic heterocycles. The standard InChI is InChI=1S/C14H15BrO2/c1-2-17-14(16)9-11-5-3-4-10-8-12(15)6-7-13(10)11/h6-9H,2-5H2,1H3. The van der Waals surface area contributed by atoms with Gasteiger partial charge in [0, 0.05) is 10.5 Å². The summed E-state index contributed by atoms with van der Waals surface area (Å²) in [5.74, 6) is -0.238. The van der Waals surface area contributed by atoms with Gasteiger partial charge in [-0.25, -0.2) is 4.79 Å². The smallest absolute Gasteiger partial charge is 0.331 e. The number of aryl methyl sites for hydroxylation is 1. The van der Waals surface area contributed by atoms with Gasteiger partial charge in [0.1, 0.15) is 0 Å². The molecule has 2 nitrogen and oxygen atoms in total. The molecule has 1 aliphatic rings. The Kier molecular flexibility index (Phi) is 4.00. The highest BCUT2D eigenvalue weighted by atomic mass is 79.9. The Morgan fingerprint density at radius 1 is 1.47 bits per heavy atom. The van der Waals surface area contributed by atoms with Gasteiger partial charge >= 0.3 is 5.97 Å². The van der Waals surface area contributed by atoms with Crippen molar-refractivity contribution < 1.29 is 9.53 Å². The van der Waals surface area contributed by atoms with Gasteiger partial charge < -0.3 is 4.74 Å². The fourth-order valence-corrected chi connectivity index (χ4v) is 2.57. The monoisotopic (exact) mass is 294 g/mol. The Labute approximate surface area is 110 Å². The van der Waals surface area contributed by atoms with Crippen molar-refractivity contribution in [3.8, 4) is 0 Å². The number of ether oxygens (including phenoxy) is 1. The van der Waals surface area contributed by atoms with Crippen LogP contribution in [0.4, 0.5) is 0 Å². The number of rotatable bonds is 2. The molecule has 0 saturated heterocycles. The zero-order valence-electron chi connectivity index (χ0n) is 9.83. The highest BCUT2D eigenvalue weighted by molar-refractivity contribution is 9.10. The van der Waals surface area contributed by atoms with Gasteiger partial charge in [0.25, 0.3) is 0 Å². The molecule has 0 aromatic heterocycles. The average molecular weight is 295 g/mol. The molecule has 0 bridgehead atoms. The first-order valence-electron chi connectivity index (χ1n) is 5.87. The first kappa shape index (κ1) is 12.4. The van der Waals surface area contributed by atoms with E-state index in [0.29, 0.717) is 6.61 Å². The summed E-state index contributed by atoms with van der Waals surface area (Å²) < 4.78 is 6.05. The highest BCUT2D eigenvalue weighted by Crippen LogP contribution is 2.32. The Balaban J connectivity index is 2.31. The van der Waals surface area contributed by atoms with Gasteiger partial charge in [0.15, 0.2) is 0 Å². The molecule has 17 heavy (non-hydrogen) atoms. The van der Waals surface area contributed by atoms with Crippen LogP contribution in [0.5, 0.6) is 0 Å². The molecule has 0 saturated carbocycles. The SMILES string of the molecule is CCOC(=O)C=C1CCCc2cc(Br)ccc21. The van der Waals surface area contributed by atoms with Gasteiger partial charge in [0.2, 0.25) is 0 Å². The number of fused-ring (bicyclic) bond motifs is 1. The summed E-state index contributed by atoms with van der Waals surface area (Å²) in [5, 5.41) is 0. The second kappa shape index (κ2) is 5.50. The van der Waals surface area contributed by atoms with Gasteiger partial charge in [-0.3, -0.25) is 0 Å². The topological polar surface area (TPSA) is 26.3 Å². The van der Waals surface area contributed by atoms with Crippen molar-refractivity contribution in [2.75, 3.05) is 6.61 Å². The molecule has 90 valence electrons. The van der Waals surface area contributed by atoms with E-state index in [-0.39, 0.29) is 5.97 Å². The maximum atomic E-state index is 11.5. The van der Waals surface area contributed by atoms with E-state index in [4.69, 9.17) is 4.74 Å². The fraction of sp³-hybridized carbons (Fsp3) is 0.357. The van der Waals surface area contributed by atoms with Gasteiger partial charge in [-0.15, -0.1) is 0 Å². The van der Waals surface area contributed by atoms with Gasteiger partial charge in [-0.2, -0.15) is 0 Å². The summed E-state index contributed by atoms with van der Waals surface area (Å²) in [6.07, 6.45) is 4.76. The zero-order chi connectivity index (χ0) is 12.3. The maximum Gasteiger partial charge on any atom is 0.331 e. The van der Waals surface area contributed by atoms with Crippen LogP contribution in [0, 0.1) is 0 Å². The molecule has 0 radical (unpaired) electrons. The molecule has 1 aromatic carbocycles. The molecule has 3 heteroatoms. The number of carbonyl (C=O) groups is 1. The van der Waals surface area contributed by atoms with E-state index in [1.54, 1.807) is 6.08 Å². The number of allylic oxidation sites excluding steroid dienone is 1. The van der Waals surface area contributed by atoms with E-state index in [1.165, 1.54) is 11.1 Å². The fourth-order valence-electron chi connectivity index (χ4n) is 2.16. The summed E-state index contributed by atoms with van der Waals surface area (Å²) >= 11 is 3.47. The van der Waals surface area contributed by atoms with Crippen LogP contribution in [0.25, 0.3) is 5.57 Å². The van der Waals surface area contributed by atoms with Crippen molar-refractivity contribution in [1.82, 2.24) is 0 Å². The third-order valence-corrected chi connectivity index (χ3v) is 3.38. The van der Waals surface area contributed by atoms with Gasteiger partial charge in [-0.1, -0.05) is 22.0 Å². The van der Waals surface area contributed by atoms with Crippen LogP contribution in [-0.2, 0) is 16.0 Å². The second-order valence-corrected chi connectivity index (χ2v) is 4.99. The van der Waals surface area contributed by atoms with E-state index in [9.17, 15) is 4.79 Å². The van der Waals surface area contributed by atoms with Crippen LogP contribution in [0.3, 0.4) is 0 Å². The van der Waals surface area contributed by atoms with Crippen LogP contribution in [-0.4, -0.2) is 12.6 Å². The number of esters is 1. The molecule has 0 N–H and O–H groups in total. The third-order valence-electron chi connectivity index (χ3n) is 2.88. The first-order valence-corrected chi connectivity index (χ1v) is 6.66. The molecule has 0 heterocycles. The lowest BCUT2D eigenvalue weighted by atomic mass is 9.87. The minimum Gasteiger partial charge on any atom is -0.463 e. The van der Waals surface area contributed by atoms with E-state index in [1.807, 2.05) is 13.0 Å². The predicted octanol–water partition coefficient (Wildman–Crippen LogP) is 3.73. The Bertz CT molecular complexity index is 463. The molecule has 1 aromatic rings. The molecular formula is C14H15BrO2. The second-order valence-electron chi connectivity index (χ2n) is 4.08. The highest BCUT2D eigenvalue weighted by Gasteiger charge is 2.15. The quantitative estimate of drug-likeness (QED) is 0.614. The number of hydrogen-bond donors (Lipinski definition) is 0. The summed E-state index contributed by atoms with van der Waals surface area (Å²) in [6, 6.07) is 6.22. The molecule has 1 aliphatic carbocycles. The Morgan fingerprint density at radius 3 is 3.06 bits per heavy atom. The van der Waals surface area contributed by atoms with Crippen molar-refractivity contribution in [1.29, 1.82) is 0 Å². The molecule has 2 rings (SSSR count). The molecular weight excluding hydrogens is 280 g/mol. The van der Waals surface area contributed by atoms with Crippen LogP contribution >= 0.6 is 15.9 Å². The summed E-state index contributed by atoms with van der Waals surface area (Å²) in [7, 11) is 0. The van der Waals surface area contributed by atoms with Crippen LogP contribution in [0.15, 0.2) is 28.7 Å². The normalized spacial score (nSPS) is 16.7. The number of halogens is 1. The average Bonchev–Trinajstić information content (AvgIpc) is 2.29. The number of hydrogen-bond acceptors (Lipinski definition) is 2. The lowest BCUT2D eigenvalue weighted by Gasteiger charge is -2.19. The lowest BCUT2D eigenvalue weighted by Crippen LogP contribution is -2.06. The van der Waals surface area contributed by atoms with Crippen LogP contribution < -0.4 is 0 Å². The molecule has 0 fully saturated rings. The molecule has 0 unspecified atom stereocenters. The van der Waals surface area contributed by atoms with E-state index < -0.39 is 0 Å². The van der Waals surface area contributed by atoms with Crippen molar-refractivity contribution in [3.63, 3.8) is 0 Å². The third kappa shape index (κ3) is 2.97. The molecule has 0 spiro atoms. The van der Waals surface area contributed by atoms with Crippen molar-refractivity contribution in [3.05, 3.63) is 39.9 Å². The van der Waals surface area contributed by atoms with Gasteiger partial charge in [0.05, 0.1) is 6.61 Å². The predicted molar refractivity (Wildman–Crippen MR) is 71.7 cm³/mol. The summed E-state index contributed by atoms with van der Waals surface area (Å²) in [4.78, 5) is 11.5. The van der Waals surface area contributed by atoms with E-state index >= 15 is 0 Å².